The highest BCUT2D eigenvalue weighted by Crippen LogP contribution is 2.39. The molecule has 1 saturated carbocycles. The maximum absolute atomic E-state index is 6.19. The zero-order valence-corrected chi connectivity index (χ0v) is 8.69. The van der Waals surface area contributed by atoms with E-state index in [0.717, 1.165) is 5.92 Å². The van der Waals surface area contributed by atoms with Gasteiger partial charge in [-0.2, -0.15) is 0 Å². The molecule has 0 aromatic heterocycles. The summed E-state index contributed by atoms with van der Waals surface area (Å²) in [5.74, 6) is 0.728. The van der Waals surface area contributed by atoms with E-state index >= 15 is 0 Å². The van der Waals surface area contributed by atoms with Gasteiger partial charge in [0.05, 0.1) is 0 Å². The molecule has 1 fully saturated rings. The number of rotatable bonds is 2. The summed E-state index contributed by atoms with van der Waals surface area (Å²) in [6, 6.07) is 15.3. The average molecular weight is 197 g/mol. The molecule has 2 aromatic rings. The molecule has 0 aliphatic heterocycles. The summed E-state index contributed by atoms with van der Waals surface area (Å²) in [5, 5.41) is 2.59. The van der Waals surface area contributed by atoms with Crippen LogP contribution >= 0.6 is 0 Å². The van der Waals surface area contributed by atoms with Crippen molar-refractivity contribution in [2.45, 2.75) is 18.9 Å². The van der Waals surface area contributed by atoms with Gasteiger partial charge in [0.1, 0.15) is 0 Å². The highest BCUT2D eigenvalue weighted by Gasteiger charge is 2.29. The second-order valence-corrected chi connectivity index (χ2v) is 4.47. The fraction of sp³-hybridized carbons (Fsp3) is 0.286. The van der Waals surface area contributed by atoms with Gasteiger partial charge in [-0.15, -0.1) is 0 Å². The predicted octanol–water partition coefficient (Wildman–Crippen LogP) is 3.25. The fourth-order valence-corrected chi connectivity index (χ4v) is 2.14. The van der Waals surface area contributed by atoms with Gasteiger partial charge >= 0.3 is 0 Å². The normalized spacial score (nSPS) is 17.9. The summed E-state index contributed by atoms with van der Waals surface area (Å²) in [7, 11) is 0. The number of benzene rings is 2. The highest BCUT2D eigenvalue weighted by molar-refractivity contribution is 5.83. The van der Waals surface area contributed by atoms with Gasteiger partial charge in [-0.3, -0.25) is 0 Å². The van der Waals surface area contributed by atoms with E-state index in [-0.39, 0.29) is 6.04 Å². The van der Waals surface area contributed by atoms with Crippen molar-refractivity contribution < 1.29 is 0 Å². The van der Waals surface area contributed by atoms with E-state index in [1.54, 1.807) is 0 Å². The van der Waals surface area contributed by atoms with E-state index in [2.05, 4.69) is 42.5 Å². The molecule has 0 heterocycles. The minimum atomic E-state index is 0.245. The number of hydrogen-bond donors (Lipinski definition) is 1. The van der Waals surface area contributed by atoms with Gasteiger partial charge in [0.2, 0.25) is 0 Å². The Labute approximate surface area is 89.9 Å². The third-order valence-corrected chi connectivity index (χ3v) is 3.29. The second kappa shape index (κ2) is 3.35. The molecule has 0 bridgehead atoms. The third-order valence-electron chi connectivity index (χ3n) is 3.29. The first-order valence-electron chi connectivity index (χ1n) is 5.59. The molecule has 1 unspecified atom stereocenters. The minimum absolute atomic E-state index is 0.245. The summed E-state index contributed by atoms with van der Waals surface area (Å²) < 4.78 is 0. The first-order valence-corrected chi connectivity index (χ1v) is 5.59. The quantitative estimate of drug-likeness (QED) is 0.785. The van der Waals surface area contributed by atoms with E-state index < -0.39 is 0 Å². The van der Waals surface area contributed by atoms with Crippen LogP contribution in [0.2, 0.25) is 0 Å². The fourth-order valence-electron chi connectivity index (χ4n) is 2.14. The highest BCUT2D eigenvalue weighted by atomic mass is 14.7. The van der Waals surface area contributed by atoms with Crippen molar-refractivity contribution >= 4 is 10.8 Å². The standard InChI is InChI=1S/C14H15N/c15-14(11-6-7-11)13-8-5-10-3-1-2-4-12(10)9-13/h1-5,8-9,11,14H,6-7,15H2. The third kappa shape index (κ3) is 1.64. The van der Waals surface area contributed by atoms with Gasteiger partial charge in [-0.1, -0.05) is 36.4 Å². The zero-order valence-electron chi connectivity index (χ0n) is 8.69. The van der Waals surface area contributed by atoms with Crippen LogP contribution in [-0.4, -0.2) is 0 Å². The van der Waals surface area contributed by atoms with E-state index in [1.165, 1.54) is 29.2 Å². The maximum Gasteiger partial charge on any atom is 0.0323 e. The van der Waals surface area contributed by atoms with Gasteiger partial charge < -0.3 is 5.73 Å². The topological polar surface area (TPSA) is 26.0 Å². The Kier molecular flexibility index (Phi) is 2.00. The van der Waals surface area contributed by atoms with Crippen LogP contribution in [0, 0.1) is 5.92 Å². The smallest absolute Gasteiger partial charge is 0.0323 e. The Hall–Kier alpha value is -1.34. The van der Waals surface area contributed by atoms with Crippen molar-refractivity contribution in [2.75, 3.05) is 0 Å². The molecule has 1 atom stereocenters. The van der Waals surface area contributed by atoms with Gasteiger partial charge in [0.15, 0.2) is 0 Å². The molecule has 15 heavy (non-hydrogen) atoms. The van der Waals surface area contributed by atoms with Crippen LogP contribution in [0.3, 0.4) is 0 Å². The van der Waals surface area contributed by atoms with Crippen LogP contribution in [-0.2, 0) is 0 Å². The lowest BCUT2D eigenvalue weighted by molar-refractivity contribution is 0.634. The Morgan fingerprint density at radius 1 is 1.00 bits per heavy atom. The van der Waals surface area contributed by atoms with Crippen molar-refractivity contribution in [3.05, 3.63) is 48.0 Å². The average Bonchev–Trinajstić information content (AvgIpc) is 3.11. The SMILES string of the molecule is NC(c1ccc2ccccc2c1)C1CC1. The first kappa shape index (κ1) is 8.93. The molecule has 0 spiro atoms. The van der Waals surface area contributed by atoms with Gasteiger partial charge in [0, 0.05) is 6.04 Å². The van der Waals surface area contributed by atoms with E-state index in [4.69, 9.17) is 5.73 Å². The van der Waals surface area contributed by atoms with Gasteiger partial charge in [-0.05, 0) is 41.2 Å². The molecule has 1 aliphatic rings. The van der Waals surface area contributed by atoms with Crippen LogP contribution in [0.4, 0.5) is 0 Å². The number of fused-ring (bicyclic) bond motifs is 1. The summed E-state index contributed by atoms with van der Waals surface area (Å²) in [6.07, 6.45) is 2.60. The van der Waals surface area contributed by atoms with Gasteiger partial charge in [-0.25, -0.2) is 0 Å². The molecular weight excluding hydrogens is 182 g/mol. The molecule has 0 saturated heterocycles. The van der Waals surface area contributed by atoms with Crippen LogP contribution in [0.25, 0.3) is 10.8 Å². The molecule has 2 N–H and O–H groups in total. The molecule has 1 heteroatoms. The Morgan fingerprint density at radius 2 is 1.73 bits per heavy atom. The van der Waals surface area contributed by atoms with E-state index in [1.807, 2.05) is 0 Å². The summed E-state index contributed by atoms with van der Waals surface area (Å²) >= 11 is 0. The van der Waals surface area contributed by atoms with Crippen molar-refractivity contribution in [3.8, 4) is 0 Å². The minimum Gasteiger partial charge on any atom is -0.324 e. The van der Waals surface area contributed by atoms with Crippen LogP contribution in [0.1, 0.15) is 24.4 Å². The number of nitrogens with two attached hydrogens (primary N) is 1. The molecule has 3 rings (SSSR count). The van der Waals surface area contributed by atoms with Crippen LogP contribution in [0.5, 0.6) is 0 Å². The Bertz CT molecular complexity index is 485. The summed E-state index contributed by atoms with van der Waals surface area (Å²) in [5.41, 5.74) is 7.48. The second-order valence-electron chi connectivity index (χ2n) is 4.47. The van der Waals surface area contributed by atoms with Crippen molar-refractivity contribution in [1.82, 2.24) is 0 Å². The molecule has 1 aliphatic carbocycles. The Morgan fingerprint density at radius 3 is 2.47 bits per heavy atom. The zero-order chi connectivity index (χ0) is 10.3. The van der Waals surface area contributed by atoms with Gasteiger partial charge in [0.25, 0.3) is 0 Å². The van der Waals surface area contributed by atoms with E-state index in [0.29, 0.717) is 0 Å². The molecule has 2 aromatic carbocycles. The van der Waals surface area contributed by atoms with Crippen molar-refractivity contribution in [2.24, 2.45) is 11.7 Å². The summed E-state index contributed by atoms with van der Waals surface area (Å²) in [4.78, 5) is 0. The van der Waals surface area contributed by atoms with Crippen LogP contribution < -0.4 is 5.73 Å². The first-order chi connectivity index (χ1) is 7.34. The summed E-state index contributed by atoms with van der Waals surface area (Å²) in [6.45, 7) is 0. The van der Waals surface area contributed by atoms with Crippen molar-refractivity contribution in [3.63, 3.8) is 0 Å². The van der Waals surface area contributed by atoms with Crippen molar-refractivity contribution in [1.29, 1.82) is 0 Å². The molecule has 1 nitrogen and oxygen atoms in total. The van der Waals surface area contributed by atoms with Crippen LogP contribution in [0.15, 0.2) is 42.5 Å². The van der Waals surface area contributed by atoms with E-state index in [9.17, 15) is 0 Å². The number of hydrogen-bond acceptors (Lipinski definition) is 1. The lowest BCUT2D eigenvalue weighted by Gasteiger charge is -2.11. The largest absolute Gasteiger partial charge is 0.324 e. The molecule has 76 valence electrons. The molecule has 0 amide bonds. The monoisotopic (exact) mass is 197 g/mol. The molecular formula is C14H15N. The Balaban J connectivity index is 2.05. The maximum atomic E-state index is 6.19. The predicted molar refractivity (Wildman–Crippen MR) is 63.6 cm³/mol. The molecule has 0 radical (unpaired) electrons. The lowest BCUT2D eigenvalue weighted by atomic mass is 10.00. The lowest BCUT2D eigenvalue weighted by Crippen LogP contribution is -2.11.